The number of halogens is 1. The first-order valence-corrected chi connectivity index (χ1v) is 9.57. The Balaban J connectivity index is 1.77. The third-order valence-electron chi connectivity index (χ3n) is 5.04. The van der Waals surface area contributed by atoms with Crippen LogP contribution in [0.3, 0.4) is 0 Å². The zero-order valence-electron chi connectivity index (χ0n) is 15.5. The summed E-state index contributed by atoms with van der Waals surface area (Å²) in [5.41, 5.74) is 10.1. The van der Waals surface area contributed by atoms with Gasteiger partial charge < -0.3 is 10.3 Å². The molecule has 0 unspecified atom stereocenters. The topological polar surface area (TPSA) is 78.0 Å². The van der Waals surface area contributed by atoms with Gasteiger partial charge in [-0.2, -0.15) is 0 Å². The maximum atomic E-state index is 12.2. The fourth-order valence-electron chi connectivity index (χ4n) is 3.35. The summed E-state index contributed by atoms with van der Waals surface area (Å²) in [6, 6.07) is 11.0. The Morgan fingerprint density at radius 1 is 1.25 bits per heavy atom. The molecule has 0 aliphatic heterocycles. The number of ketones is 1. The molecule has 1 aliphatic carbocycles. The minimum atomic E-state index is -0.540. The van der Waals surface area contributed by atoms with Crippen LogP contribution in [0.4, 0.5) is 0 Å². The van der Waals surface area contributed by atoms with Crippen molar-refractivity contribution in [1.82, 2.24) is 9.55 Å². The van der Waals surface area contributed by atoms with Crippen molar-refractivity contribution in [2.75, 3.05) is 0 Å². The van der Waals surface area contributed by atoms with Gasteiger partial charge in [-0.15, -0.1) is 0 Å². The first kappa shape index (κ1) is 18.4. The van der Waals surface area contributed by atoms with Crippen LogP contribution in [-0.2, 0) is 11.2 Å². The number of rotatable bonds is 6. The maximum Gasteiger partial charge on any atom is 0.265 e. The number of carbonyl (C=O) groups is 2. The molecule has 0 saturated heterocycles. The van der Waals surface area contributed by atoms with Crippen LogP contribution in [0.2, 0.25) is 5.02 Å². The van der Waals surface area contributed by atoms with Gasteiger partial charge in [0, 0.05) is 36.0 Å². The van der Waals surface area contributed by atoms with Gasteiger partial charge in [0.2, 0.25) is 0 Å². The highest BCUT2D eigenvalue weighted by molar-refractivity contribution is 6.32. The van der Waals surface area contributed by atoms with E-state index in [0.29, 0.717) is 22.8 Å². The van der Waals surface area contributed by atoms with Gasteiger partial charge >= 0.3 is 0 Å². The highest BCUT2D eigenvalue weighted by Gasteiger charge is 2.29. The fourth-order valence-corrected chi connectivity index (χ4v) is 3.58. The molecule has 5 nitrogen and oxygen atoms in total. The number of amides is 1. The standard InChI is InChI=1S/C22H20ClN3O2/c1-13-11-25-16(10-21(27)14-6-7-14)9-17(13)15-8-20(22(24)28)26(12-15)19-5-3-2-4-18(19)23/h2-5,8-9,11-12,14H,6-7,10H2,1H3,(H2,24,28). The number of nitrogens with two attached hydrogens (primary N) is 1. The van der Waals surface area contributed by atoms with Crippen LogP contribution in [-0.4, -0.2) is 21.2 Å². The number of pyridine rings is 1. The normalized spacial score (nSPS) is 13.5. The van der Waals surface area contributed by atoms with Crippen molar-refractivity contribution in [2.45, 2.75) is 26.2 Å². The van der Waals surface area contributed by atoms with Gasteiger partial charge in [0.25, 0.3) is 5.91 Å². The second-order valence-corrected chi connectivity index (χ2v) is 7.61. The molecule has 0 atom stereocenters. The molecular formula is C22H20ClN3O2. The number of aryl methyl sites for hydroxylation is 1. The van der Waals surface area contributed by atoms with Gasteiger partial charge in [0.15, 0.2) is 0 Å². The van der Waals surface area contributed by atoms with Crippen molar-refractivity contribution in [3.63, 3.8) is 0 Å². The van der Waals surface area contributed by atoms with Gasteiger partial charge in [0.05, 0.1) is 10.7 Å². The molecule has 0 bridgehead atoms. The average molecular weight is 394 g/mol. The third kappa shape index (κ3) is 3.58. The first-order valence-electron chi connectivity index (χ1n) is 9.19. The van der Waals surface area contributed by atoms with E-state index in [1.165, 1.54) is 0 Å². The zero-order valence-corrected chi connectivity index (χ0v) is 16.2. The number of primary amides is 1. The van der Waals surface area contributed by atoms with Crippen molar-refractivity contribution >= 4 is 23.3 Å². The Kier molecular flexibility index (Phi) is 4.77. The summed E-state index contributed by atoms with van der Waals surface area (Å²) < 4.78 is 1.70. The molecule has 1 fully saturated rings. The van der Waals surface area contributed by atoms with Crippen LogP contribution >= 0.6 is 11.6 Å². The maximum absolute atomic E-state index is 12.2. The molecule has 28 heavy (non-hydrogen) atoms. The fraction of sp³-hybridized carbons (Fsp3) is 0.227. The number of Topliss-reactive ketones (excluding diaryl/α,β-unsaturated/α-hetero) is 1. The van der Waals surface area contributed by atoms with Crippen LogP contribution < -0.4 is 5.73 Å². The lowest BCUT2D eigenvalue weighted by Gasteiger charge is -2.09. The largest absolute Gasteiger partial charge is 0.364 e. The second kappa shape index (κ2) is 7.24. The number of hydrogen-bond donors (Lipinski definition) is 1. The minimum Gasteiger partial charge on any atom is -0.364 e. The highest BCUT2D eigenvalue weighted by Crippen LogP contribution is 2.32. The highest BCUT2D eigenvalue weighted by atomic mass is 35.5. The van der Waals surface area contributed by atoms with Gasteiger partial charge in [-0.1, -0.05) is 23.7 Å². The molecule has 1 amide bonds. The summed E-state index contributed by atoms with van der Waals surface area (Å²) in [6.07, 6.45) is 5.92. The van der Waals surface area contributed by atoms with E-state index in [1.54, 1.807) is 22.9 Å². The predicted octanol–water partition coefficient (Wildman–Crippen LogP) is 4.12. The lowest BCUT2D eigenvalue weighted by Crippen LogP contribution is -2.15. The van der Waals surface area contributed by atoms with Gasteiger partial charge in [-0.3, -0.25) is 14.6 Å². The summed E-state index contributed by atoms with van der Waals surface area (Å²) >= 11 is 6.32. The molecule has 1 aromatic carbocycles. The van der Waals surface area contributed by atoms with Crippen molar-refractivity contribution in [1.29, 1.82) is 0 Å². The van der Waals surface area contributed by atoms with Crippen LogP contribution in [0.5, 0.6) is 0 Å². The van der Waals surface area contributed by atoms with Crippen molar-refractivity contribution in [3.8, 4) is 16.8 Å². The van der Waals surface area contributed by atoms with Gasteiger partial charge in [0.1, 0.15) is 11.5 Å². The Morgan fingerprint density at radius 2 is 2.00 bits per heavy atom. The van der Waals surface area contributed by atoms with E-state index < -0.39 is 5.91 Å². The molecule has 0 radical (unpaired) electrons. The summed E-state index contributed by atoms with van der Waals surface area (Å²) in [7, 11) is 0. The van der Waals surface area contributed by atoms with Crippen LogP contribution in [0.15, 0.2) is 48.8 Å². The Bertz CT molecular complexity index is 1080. The number of benzene rings is 1. The van der Waals surface area contributed by atoms with E-state index in [2.05, 4.69) is 4.98 Å². The van der Waals surface area contributed by atoms with E-state index in [-0.39, 0.29) is 11.7 Å². The van der Waals surface area contributed by atoms with Crippen LogP contribution in [0, 0.1) is 12.8 Å². The average Bonchev–Trinajstić information content (AvgIpc) is 3.43. The number of carbonyl (C=O) groups excluding carboxylic acids is 2. The quantitative estimate of drug-likeness (QED) is 0.684. The van der Waals surface area contributed by atoms with E-state index in [4.69, 9.17) is 17.3 Å². The lowest BCUT2D eigenvalue weighted by atomic mass is 10.0. The smallest absolute Gasteiger partial charge is 0.265 e. The molecule has 3 aromatic rings. The van der Waals surface area contributed by atoms with Crippen molar-refractivity contribution in [2.24, 2.45) is 11.7 Å². The molecule has 2 aromatic heterocycles. The van der Waals surface area contributed by atoms with Gasteiger partial charge in [-0.25, -0.2) is 0 Å². The van der Waals surface area contributed by atoms with E-state index in [9.17, 15) is 9.59 Å². The second-order valence-electron chi connectivity index (χ2n) is 7.21. The zero-order chi connectivity index (χ0) is 19.8. The SMILES string of the molecule is Cc1cnc(CC(=O)C2CC2)cc1-c1cc(C(N)=O)n(-c2ccccc2Cl)c1. The molecule has 4 rings (SSSR count). The van der Waals surface area contributed by atoms with E-state index in [1.807, 2.05) is 37.4 Å². The Labute approximate surface area is 168 Å². The van der Waals surface area contributed by atoms with E-state index >= 15 is 0 Å². The molecule has 2 heterocycles. The predicted molar refractivity (Wildman–Crippen MR) is 109 cm³/mol. The van der Waals surface area contributed by atoms with Crippen molar-refractivity contribution < 1.29 is 9.59 Å². The van der Waals surface area contributed by atoms with Crippen LogP contribution in [0.1, 0.15) is 34.6 Å². The monoisotopic (exact) mass is 393 g/mol. The molecule has 1 aliphatic rings. The summed E-state index contributed by atoms with van der Waals surface area (Å²) in [5.74, 6) is -0.0925. The molecule has 142 valence electrons. The van der Waals surface area contributed by atoms with Crippen molar-refractivity contribution in [3.05, 3.63) is 70.8 Å². The number of nitrogens with zero attached hydrogens (tertiary/aromatic N) is 2. The molecule has 2 N–H and O–H groups in total. The number of aromatic nitrogens is 2. The third-order valence-corrected chi connectivity index (χ3v) is 5.36. The summed E-state index contributed by atoms with van der Waals surface area (Å²) in [4.78, 5) is 28.6. The molecule has 1 saturated carbocycles. The number of hydrogen-bond acceptors (Lipinski definition) is 3. The van der Waals surface area contributed by atoms with E-state index in [0.717, 1.165) is 35.2 Å². The minimum absolute atomic E-state index is 0.203. The molecule has 0 spiro atoms. The Morgan fingerprint density at radius 3 is 2.68 bits per heavy atom. The summed E-state index contributed by atoms with van der Waals surface area (Å²) in [5, 5.41) is 0.523. The lowest BCUT2D eigenvalue weighted by molar-refractivity contribution is -0.119. The first-order chi connectivity index (χ1) is 13.4. The number of para-hydroxylation sites is 1. The van der Waals surface area contributed by atoms with Crippen LogP contribution in [0.25, 0.3) is 16.8 Å². The Hall–Kier alpha value is -2.92. The molecule has 6 heteroatoms. The van der Waals surface area contributed by atoms with Gasteiger partial charge in [-0.05, 0) is 55.2 Å². The molecular weight excluding hydrogens is 374 g/mol. The summed E-state index contributed by atoms with van der Waals surface area (Å²) in [6.45, 7) is 1.95.